The Labute approximate surface area is 100 Å². The molecule has 2 nitrogen and oxygen atoms in total. The molecule has 0 radical (unpaired) electrons. The second-order valence-electron chi connectivity index (χ2n) is 4.15. The zero-order valence-electron chi connectivity index (χ0n) is 9.77. The first-order chi connectivity index (χ1) is 8.40. The second kappa shape index (κ2) is 4.06. The molecule has 1 heterocycles. The quantitative estimate of drug-likeness (QED) is 0.756. The predicted octanol–water partition coefficient (Wildman–Crippen LogP) is 1.09. The number of aliphatic imine (C=N–C) groups is 1. The Balaban J connectivity index is 2.40. The normalized spacial score (nSPS) is 17.1. The predicted molar refractivity (Wildman–Crippen MR) is 71.9 cm³/mol. The van der Waals surface area contributed by atoms with Crippen LogP contribution in [-0.2, 0) is 0 Å². The van der Waals surface area contributed by atoms with Gasteiger partial charge in [0.05, 0.1) is 5.70 Å². The number of fused-ring (bicyclic) bond motifs is 2. The monoisotopic (exact) mass is 222 g/mol. The summed E-state index contributed by atoms with van der Waals surface area (Å²) in [5, 5.41) is 5.80. The topological polar surface area (TPSA) is 24.4 Å². The van der Waals surface area contributed by atoms with Gasteiger partial charge in [-0.2, -0.15) is 0 Å². The van der Waals surface area contributed by atoms with Gasteiger partial charge < -0.3 is 5.32 Å². The molecule has 0 aromatic heterocycles. The van der Waals surface area contributed by atoms with Gasteiger partial charge in [0.2, 0.25) is 0 Å². The summed E-state index contributed by atoms with van der Waals surface area (Å²) < 4.78 is 0. The number of allylic oxidation sites excluding steroid dienone is 1. The number of likely N-dealkylation sites (N-methyl/N-ethyl adjacent to an activating group) is 1. The van der Waals surface area contributed by atoms with E-state index in [-0.39, 0.29) is 0 Å². The summed E-state index contributed by atoms with van der Waals surface area (Å²) in [6, 6.07) is 8.43. The molecule has 17 heavy (non-hydrogen) atoms. The summed E-state index contributed by atoms with van der Waals surface area (Å²) in [6.45, 7) is 0. The molecule has 0 atom stereocenters. The molecule has 1 aromatic carbocycles. The molecule has 0 bridgehead atoms. The molecule has 0 unspecified atom stereocenters. The van der Waals surface area contributed by atoms with Gasteiger partial charge >= 0.3 is 0 Å². The van der Waals surface area contributed by atoms with Crippen molar-refractivity contribution in [2.24, 2.45) is 4.99 Å². The first-order valence-corrected chi connectivity index (χ1v) is 5.80. The minimum Gasteiger partial charge on any atom is -0.387 e. The molecule has 3 rings (SSSR count). The number of benzene rings is 1. The van der Waals surface area contributed by atoms with Crippen LogP contribution < -0.4 is 15.8 Å². The van der Waals surface area contributed by atoms with Crippen molar-refractivity contribution in [1.29, 1.82) is 0 Å². The van der Waals surface area contributed by atoms with Crippen LogP contribution in [0.5, 0.6) is 0 Å². The van der Waals surface area contributed by atoms with Crippen LogP contribution in [0.3, 0.4) is 0 Å². The number of nitrogens with one attached hydrogen (secondary N) is 1. The van der Waals surface area contributed by atoms with Crippen molar-refractivity contribution in [1.82, 2.24) is 5.32 Å². The van der Waals surface area contributed by atoms with Gasteiger partial charge in [0.1, 0.15) is 0 Å². The molecule has 0 saturated heterocycles. The Morgan fingerprint density at radius 1 is 1.18 bits per heavy atom. The molecule has 1 aliphatic carbocycles. The lowest BCUT2D eigenvalue weighted by atomic mass is 9.99. The first-order valence-electron chi connectivity index (χ1n) is 5.80. The molecular formula is C15H14N2. The van der Waals surface area contributed by atoms with E-state index >= 15 is 0 Å². The zero-order chi connectivity index (χ0) is 11.7. The largest absolute Gasteiger partial charge is 0.387 e. The SMILES string of the molecule is CNC1=c2ccccc2=CC=C2CC=NC=C21. The van der Waals surface area contributed by atoms with Crippen molar-refractivity contribution in [2.75, 3.05) is 7.05 Å². The van der Waals surface area contributed by atoms with Gasteiger partial charge in [-0.25, -0.2) is 0 Å². The summed E-state index contributed by atoms with van der Waals surface area (Å²) >= 11 is 0. The molecule has 0 saturated carbocycles. The zero-order valence-corrected chi connectivity index (χ0v) is 9.77. The lowest BCUT2D eigenvalue weighted by Gasteiger charge is -2.15. The Morgan fingerprint density at radius 3 is 2.94 bits per heavy atom. The third kappa shape index (κ3) is 1.62. The number of rotatable bonds is 1. The van der Waals surface area contributed by atoms with E-state index in [9.17, 15) is 0 Å². The maximum absolute atomic E-state index is 4.27. The van der Waals surface area contributed by atoms with Crippen molar-refractivity contribution in [3.05, 3.63) is 58.1 Å². The minimum absolute atomic E-state index is 0.904. The summed E-state index contributed by atoms with van der Waals surface area (Å²) in [6.07, 6.45) is 9.17. The third-order valence-corrected chi connectivity index (χ3v) is 3.18. The standard InChI is InChI=1S/C15H14N2/c1-16-15-13-5-3-2-4-11(13)6-7-12-8-9-17-10-14(12)15/h2-7,9-10,16H,8H2,1H3. The Bertz CT molecular complexity index is 660. The molecule has 1 aromatic rings. The van der Waals surface area contributed by atoms with Crippen LogP contribution in [0.4, 0.5) is 0 Å². The summed E-state index contributed by atoms with van der Waals surface area (Å²) in [7, 11) is 1.97. The van der Waals surface area contributed by atoms with E-state index in [2.05, 4.69) is 46.7 Å². The van der Waals surface area contributed by atoms with Crippen molar-refractivity contribution in [2.45, 2.75) is 6.42 Å². The van der Waals surface area contributed by atoms with E-state index in [4.69, 9.17) is 0 Å². The van der Waals surface area contributed by atoms with Crippen LogP contribution in [-0.4, -0.2) is 13.3 Å². The van der Waals surface area contributed by atoms with Crippen LogP contribution in [0.1, 0.15) is 6.42 Å². The molecule has 0 fully saturated rings. The van der Waals surface area contributed by atoms with Crippen molar-refractivity contribution in [3.8, 4) is 0 Å². The van der Waals surface area contributed by atoms with Crippen LogP contribution in [0.2, 0.25) is 0 Å². The van der Waals surface area contributed by atoms with E-state index in [0.717, 1.165) is 12.1 Å². The van der Waals surface area contributed by atoms with Crippen LogP contribution >= 0.6 is 0 Å². The molecule has 0 spiro atoms. The lowest BCUT2D eigenvalue weighted by Crippen LogP contribution is -2.30. The van der Waals surface area contributed by atoms with Gasteiger partial charge in [0, 0.05) is 36.7 Å². The van der Waals surface area contributed by atoms with E-state index < -0.39 is 0 Å². The average Bonchev–Trinajstić information content (AvgIpc) is 2.55. The fourth-order valence-electron chi connectivity index (χ4n) is 2.33. The fourth-order valence-corrected chi connectivity index (χ4v) is 2.33. The molecule has 1 N–H and O–H groups in total. The maximum atomic E-state index is 4.27. The van der Waals surface area contributed by atoms with Gasteiger partial charge in [-0.15, -0.1) is 0 Å². The number of nitrogens with zero attached hydrogens (tertiary/aromatic N) is 1. The Hall–Kier alpha value is -2.09. The average molecular weight is 222 g/mol. The van der Waals surface area contributed by atoms with E-state index in [1.54, 1.807) is 0 Å². The van der Waals surface area contributed by atoms with E-state index in [1.807, 2.05) is 19.5 Å². The summed E-state index contributed by atoms with van der Waals surface area (Å²) in [5.74, 6) is 0. The highest BCUT2D eigenvalue weighted by Gasteiger charge is 2.13. The fraction of sp³-hybridized carbons (Fsp3) is 0.133. The highest BCUT2D eigenvalue weighted by atomic mass is 14.8. The summed E-state index contributed by atoms with van der Waals surface area (Å²) in [5.41, 5.74) is 3.69. The van der Waals surface area contributed by atoms with Crippen molar-refractivity contribution < 1.29 is 0 Å². The smallest absolute Gasteiger partial charge is 0.0509 e. The maximum Gasteiger partial charge on any atom is 0.0509 e. The third-order valence-electron chi connectivity index (χ3n) is 3.18. The molecule has 2 heteroatoms. The highest BCUT2D eigenvalue weighted by molar-refractivity contribution is 5.80. The summed E-state index contributed by atoms with van der Waals surface area (Å²) in [4.78, 5) is 4.27. The Kier molecular flexibility index (Phi) is 2.41. The van der Waals surface area contributed by atoms with Crippen LogP contribution in [0, 0.1) is 0 Å². The second-order valence-corrected chi connectivity index (χ2v) is 4.15. The van der Waals surface area contributed by atoms with Crippen molar-refractivity contribution in [3.63, 3.8) is 0 Å². The Morgan fingerprint density at radius 2 is 2.06 bits per heavy atom. The highest BCUT2D eigenvalue weighted by Crippen LogP contribution is 2.23. The minimum atomic E-state index is 0.904. The number of hydrogen-bond donors (Lipinski definition) is 1. The van der Waals surface area contributed by atoms with Crippen LogP contribution in [0.25, 0.3) is 11.8 Å². The van der Waals surface area contributed by atoms with Gasteiger partial charge in [0.25, 0.3) is 0 Å². The first kappa shape index (κ1) is 10.1. The van der Waals surface area contributed by atoms with Gasteiger partial charge in [-0.05, 0) is 10.8 Å². The molecule has 1 aliphatic heterocycles. The molecular weight excluding hydrogens is 208 g/mol. The van der Waals surface area contributed by atoms with E-state index in [0.29, 0.717) is 0 Å². The van der Waals surface area contributed by atoms with Gasteiger partial charge in [0.15, 0.2) is 0 Å². The molecule has 0 amide bonds. The van der Waals surface area contributed by atoms with Crippen LogP contribution in [0.15, 0.2) is 52.7 Å². The van der Waals surface area contributed by atoms with E-state index in [1.165, 1.54) is 21.6 Å². The number of hydrogen-bond acceptors (Lipinski definition) is 2. The molecule has 2 aliphatic rings. The van der Waals surface area contributed by atoms with Gasteiger partial charge in [-0.3, -0.25) is 4.99 Å². The van der Waals surface area contributed by atoms with Crippen molar-refractivity contribution >= 4 is 18.0 Å². The van der Waals surface area contributed by atoms with Gasteiger partial charge in [-0.1, -0.05) is 36.4 Å². The lowest BCUT2D eigenvalue weighted by molar-refractivity contribution is 1.09. The molecule has 84 valence electrons.